The minimum Gasteiger partial charge on any atom is -0.364 e. The van der Waals surface area contributed by atoms with Crippen LogP contribution in [0.3, 0.4) is 0 Å². The summed E-state index contributed by atoms with van der Waals surface area (Å²) >= 11 is 1.75. The lowest BCUT2D eigenvalue weighted by molar-refractivity contribution is 1.07. The molecule has 0 fully saturated rings. The molecule has 0 aliphatic heterocycles. The van der Waals surface area contributed by atoms with Crippen LogP contribution in [0.25, 0.3) is 0 Å². The quantitative estimate of drug-likeness (QED) is 0.882. The van der Waals surface area contributed by atoms with E-state index in [9.17, 15) is 0 Å². The molecule has 4 heteroatoms. The molecule has 2 heterocycles. The number of rotatable bonds is 4. The van der Waals surface area contributed by atoms with Crippen molar-refractivity contribution in [3.8, 4) is 0 Å². The van der Waals surface area contributed by atoms with E-state index in [1.807, 2.05) is 24.5 Å². The average Bonchev–Trinajstić information content (AvgIpc) is 2.74. The first-order valence-corrected chi connectivity index (χ1v) is 6.19. The highest BCUT2D eigenvalue weighted by Crippen LogP contribution is 2.15. The predicted octanol–water partition coefficient (Wildman–Crippen LogP) is 3.02. The Kier molecular flexibility index (Phi) is 3.51. The Morgan fingerprint density at radius 1 is 1.38 bits per heavy atom. The van der Waals surface area contributed by atoms with Crippen LogP contribution in [-0.2, 0) is 13.0 Å². The van der Waals surface area contributed by atoms with Crippen LogP contribution in [0.1, 0.15) is 22.4 Å². The molecule has 0 saturated heterocycles. The fourth-order valence-corrected chi connectivity index (χ4v) is 2.19. The van der Waals surface area contributed by atoms with Gasteiger partial charge in [-0.15, -0.1) is 11.3 Å². The van der Waals surface area contributed by atoms with Crippen molar-refractivity contribution in [1.82, 2.24) is 9.97 Å². The van der Waals surface area contributed by atoms with Crippen molar-refractivity contribution in [1.29, 1.82) is 0 Å². The van der Waals surface area contributed by atoms with Gasteiger partial charge in [-0.25, -0.2) is 9.97 Å². The summed E-state index contributed by atoms with van der Waals surface area (Å²) in [5.74, 6) is 0.910. The zero-order valence-electron chi connectivity index (χ0n) is 9.53. The Bertz CT molecular complexity index is 465. The Balaban J connectivity index is 1.96. The highest BCUT2D eigenvalue weighted by atomic mass is 32.1. The van der Waals surface area contributed by atoms with Crippen molar-refractivity contribution in [2.24, 2.45) is 0 Å². The minimum absolute atomic E-state index is 0.751. The van der Waals surface area contributed by atoms with Gasteiger partial charge in [0.25, 0.3) is 0 Å². The Hall–Kier alpha value is -1.42. The summed E-state index contributed by atoms with van der Waals surface area (Å²) in [4.78, 5) is 9.93. The van der Waals surface area contributed by atoms with Gasteiger partial charge in [0, 0.05) is 17.3 Å². The van der Waals surface area contributed by atoms with E-state index in [2.05, 4.69) is 29.1 Å². The molecule has 1 N–H and O–H groups in total. The molecule has 0 aromatic carbocycles. The van der Waals surface area contributed by atoms with Crippen molar-refractivity contribution >= 4 is 17.2 Å². The highest BCUT2D eigenvalue weighted by molar-refractivity contribution is 7.11. The lowest BCUT2D eigenvalue weighted by atomic mass is 10.3. The maximum absolute atomic E-state index is 4.35. The fraction of sp³-hybridized carbons (Fsp3) is 0.333. The molecule has 0 amide bonds. The van der Waals surface area contributed by atoms with Crippen LogP contribution < -0.4 is 5.32 Å². The molecule has 0 aliphatic rings. The zero-order chi connectivity index (χ0) is 11.4. The lowest BCUT2D eigenvalue weighted by Gasteiger charge is -2.03. The second kappa shape index (κ2) is 5.07. The second-order valence-electron chi connectivity index (χ2n) is 3.65. The Morgan fingerprint density at radius 3 is 2.94 bits per heavy atom. The topological polar surface area (TPSA) is 37.8 Å². The van der Waals surface area contributed by atoms with Crippen LogP contribution in [0.5, 0.6) is 0 Å². The van der Waals surface area contributed by atoms with Crippen molar-refractivity contribution in [2.45, 2.75) is 26.8 Å². The predicted molar refractivity (Wildman–Crippen MR) is 67.8 cm³/mol. The van der Waals surface area contributed by atoms with Gasteiger partial charge >= 0.3 is 0 Å². The van der Waals surface area contributed by atoms with Crippen molar-refractivity contribution < 1.29 is 0 Å². The van der Waals surface area contributed by atoms with Crippen LogP contribution in [0.4, 0.5) is 5.82 Å². The Morgan fingerprint density at radius 2 is 2.25 bits per heavy atom. The highest BCUT2D eigenvalue weighted by Gasteiger charge is 2.00. The third-order valence-corrected chi connectivity index (χ3v) is 3.43. The lowest BCUT2D eigenvalue weighted by Crippen LogP contribution is -2.00. The van der Waals surface area contributed by atoms with E-state index in [0.29, 0.717) is 0 Å². The largest absolute Gasteiger partial charge is 0.364 e. The zero-order valence-corrected chi connectivity index (χ0v) is 10.3. The molecule has 0 aliphatic carbocycles. The molecular weight excluding hydrogens is 218 g/mol. The summed E-state index contributed by atoms with van der Waals surface area (Å²) in [6.07, 6.45) is 4.82. The number of hydrogen-bond donors (Lipinski definition) is 1. The van der Waals surface area contributed by atoms with Crippen LogP contribution in [-0.4, -0.2) is 9.97 Å². The van der Waals surface area contributed by atoms with E-state index >= 15 is 0 Å². The van der Waals surface area contributed by atoms with Crippen LogP contribution in [0, 0.1) is 6.92 Å². The maximum Gasteiger partial charge on any atom is 0.126 e. The van der Waals surface area contributed by atoms with E-state index in [1.54, 1.807) is 11.3 Å². The van der Waals surface area contributed by atoms with E-state index in [4.69, 9.17) is 0 Å². The van der Waals surface area contributed by atoms with Crippen LogP contribution in [0.2, 0.25) is 0 Å². The number of nitrogens with one attached hydrogen (secondary N) is 1. The van der Waals surface area contributed by atoms with Gasteiger partial charge in [-0.2, -0.15) is 0 Å². The van der Waals surface area contributed by atoms with Crippen molar-refractivity contribution in [3.05, 3.63) is 40.0 Å². The first kappa shape index (κ1) is 11.1. The molecular formula is C12H15N3S. The van der Waals surface area contributed by atoms with E-state index in [-0.39, 0.29) is 0 Å². The van der Waals surface area contributed by atoms with Gasteiger partial charge in [0.15, 0.2) is 0 Å². The molecule has 0 atom stereocenters. The van der Waals surface area contributed by atoms with E-state index in [0.717, 1.165) is 23.8 Å². The van der Waals surface area contributed by atoms with Gasteiger partial charge in [0.05, 0.1) is 6.54 Å². The van der Waals surface area contributed by atoms with E-state index < -0.39 is 0 Å². The first-order valence-electron chi connectivity index (χ1n) is 5.38. The van der Waals surface area contributed by atoms with Gasteiger partial charge in [-0.1, -0.05) is 6.92 Å². The van der Waals surface area contributed by atoms with Crippen LogP contribution in [0.15, 0.2) is 24.5 Å². The van der Waals surface area contributed by atoms with Crippen molar-refractivity contribution in [3.63, 3.8) is 0 Å². The molecule has 0 saturated carbocycles. The number of nitrogens with zero attached hydrogens (tertiary/aromatic N) is 2. The molecule has 0 unspecified atom stereocenters. The molecule has 2 aromatic rings. The number of aromatic nitrogens is 2. The smallest absolute Gasteiger partial charge is 0.126 e. The van der Waals surface area contributed by atoms with Gasteiger partial charge in [0.1, 0.15) is 10.8 Å². The summed E-state index contributed by atoms with van der Waals surface area (Å²) in [5, 5.41) is 4.39. The maximum atomic E-state index is 4.35. The van der Waals surface area contributed by atoms with Crippen LogP contribution >= 0.6 is 11.3 Å². The number of anilines is 1. The molecule has 0 spiro atoms. The van der Waals surface area contributed by atoms with Gasteiger partial charge < -0.3 is 5.32 Å². The molecule has 0 radical (unpaired) electrons. The summed E-state index contributed by atoms with van der Waals surface area (Å²) < 4.78 is 0. The third kappa shape index (κ3) is 2.79. The summed E-state index contributed by atoms with van der Waals surface area (Å²) in [5.41, 5.74) is 1.21. The number of hydrogen-bond acceptors (Lipinski definition) is 4. The van der Waals surface area contributed by atoms with E-state index in [1.165, 1.54) is 10.4 Å². The molecule has 0 bridgehead atoms. The summed E-state index contributed by atoms with van der Waals surface area (Å²) in [6, 6.07) is 4.03. The van der Waals surface area contributed by atoms with Gasteiger partial charge in [-0.3, -0.25) is 0 Å². The summed E-state index contributed by atoms with van der Waals surface area (Å²) in [7, 11) is 0. The number of thiazole rings is 1. The standard InChI is InChI=1S/C12H15N3S/c1-3-10-7-15-12(16-10)8-14-11-6-9(2)4-5-13-11/h4-7H,3,8H2,1-2H3,(H,13,14). The molecule has 84 valence electrons. The number of pyridine rings is 1. The SMILES string of the molecule is CCc1cnc(CNc2cc(C)ccn2)s1. The molecule has 2 aromatic heterocycles. The molecule has 3 nitrogen and oxygen atoms in total. The monoisotopic (exact) mass is 233 g/mol. The second-order valence-corrected chi connectivity index (χ2v) is 4.85. The fourth-order valence-electron chi connectivity index (χ4n) is 1.39. The van der Waals surface area contributed by atoms with Gasteiger partial charge in [-0.05, 0) is 31.0 Å². The normalized spacial score (nSPS) is 10.4. The summed E-state index contributed by atoms with van der Waals surface area (Å²) in [6.45, 7) is 4.96. The number of aryl methyl sites for hydroxylation is 2. The Labute approximate surface area is 99.6 Å². The van der Waals surface area contributed by atoms with Gasteiger partial charge in [0.2, 0.25) is 0 Å². The third-order valence-electron chi connectivity index (χ3n) is 2.29. The van der Waals surface area contributed by atoms with Crippen molar-refractivity contribution in [2.75, 3.05) is 5.32 Å². The average molecular weight is 233 g/mol. The first-order chi connectivity index (χ1) is 7.78. The molecule has 2 rings (SSSR count). The minimum atomic E-state index is 0.751. The molecule has 16 heavy (non-hydrogen) atoms.